The molecule has 0 aliphatic heterocycles. The van der Waals surface area contributed by atoms with E-state index < -0.39 is 0 Å². The lowest BCUT2D eigenvalue weighted by atomic mass is 9.88. The number of unbranched alkanes of at least 4 members (excludes halogenated alkanes) is 1. The number of hydrogen-bond donors (Lipinski definition) is 1. The maximum atomic E-state index is 5.32. The van der Waals surface area contributed by atoms with E-state index in [1.54, 1.807) is 7.11 Å². The SMILES string of the molecule is COc1ccc2c(c1)CC(NCCCCSC)CC2. The Hall–Kier alpha value is -0.670. The quantitative estimate of drug-likeness (QED) is 0.774. The van der Waals surface area contributed by atoms with Gasteiger partial charge in [0, 0.05) is 6.04 Å². The zero-order valence-electron chi connectivity index (χ0n) is 12.1. The Morgan fingerprint density at radius 3 is 3.00 bits per heavy atom. The summed E-state index contributed by atoms with van der Waals surface area (Å²) in [6.45, 7) is 1.16. The van der Waals surface area contributed by atoms with Crippen LogP contribution in [0.5, 0.6) is 5.75 Å². The van der Waals surface area contributed by atoms with Crippen molar-refractivity contribution in [2.24, 2.45) is 0 Å². The molecular weight excluding hydrogens is 254 g/mol. The number of ether oxygens (including phenoxy) is 1. The third kappa shape index (κ3) is 4.43. The topological polar surface area (TPSA) is 21.3 Å². The van der Waals surface area contributed by atoms with Crippen molar-refractivity contribution in [3.05, 3.63) is 29.3 Å². The third-order valence-corrected chi connectivity index (χ3v) is 4.55. The second-order valence-electron chi connectivity index (χ2n) is 5.23. The minimum Gasteiger partial charge on any atom is -0.497 e. The van der Waals surface area contributed by atoms with Gasteiger partial charge in [-0.2, -0.15) is 11.8 Å². The first-order valence-electron chi connectivity index (χ1n) is 7.21. The lowest BCUT2D eigenvalue weighted by Crippen LogP contribution is -2.35. The van der Waals surface area contributed by atoms with Crippen molar-refractivity contribution >= 4 is 11.8 Å². The number of benzene rings is 1. The van der Waals surface area contributed by atoms with Gasteiger partial charge in [-0.15, -0.1) is 0 Å². The Morgan fingerprint density at radius 2 is 2.21 bits per heavy atom. The summed E-state index contributed by atoms with van der Waals surface area (Å²) in [6, 6.07) is 7.16. The van der Waals surface area contributed by atoms with Crippen LogP contribution in [0, 0.1) is 0 Å². The lowest BCUT2D eigenvalue weighted by Gasteiger charge is -2.26. The maximum Gasteiger partial charge on any atom is 0.119 e. The lowest BCUT2D eigenvalue weighted by molar-refractivity contribution is 0.410. The predicted molar refractivity (Wildman–Crippen MR) is 84.4 cm³/mol. The molecule has 1 atom stereocenters. The van der Waals surface area contributed by atoms with Gasteiger partial charge in [0.05, 0.1) is 7.11 Å². The largest absolute Gasteiger partial charge is 0.497 e. The Bertz CT molecular complexity index is 394. The highest BCUT2D eigenvalue weighted by Crippen LogP contribution is 2.25. The Kier molecular flexibility index (Phi) is 6.05. The van der Waals surface area contributed by atoms with Crippen LogP contribution in [0.15, 0.2) is 18.2 Å². The summed E-state index contributed by atoms with van der Waals surface area (Å²) >= 11 is 1.94. The smallest absolute Gasteiger partial charge is 0.119 e. The van der Waals surface area contributed by atoms with Crippen LogP contribution in [0.25, 0.3) is 0 Å². The second-order valence-corrected chi connectivity index (χ2v) is 6.21. The van der Waals surface area contributed by atoms with Gasteiger partial charge in [-0.25, -0.2) is 0 Å². The number of methoxy groups -OCH3 is 1. The van der Waals surface area contributed by atoms with E-state index in [0.29, 0.717) is 6.04 Å². The summed E-state index contributed by atoms with van der Waals surface area (Å²) in [5.41, 5.74) is 2.97. The predicted octanol–water partition coefficient (Wildman–Crippen LogP) is 3.29. The Labute approximate surface area is 121 Å². The molecule has 0 spiro atoms. The van der Waals surface area contributed by atoms with E-state index in [9.17, 15) is 0 Å². The third-order valence-electron chi connectivity index (χ3n) is 3.85. The molecule has 0 saturated carbocycles. The molecule has 0 aromatic heterocycles. The van der Waals surface area contributed by atoms with Crippen molar-refractivity contribution in [3.63, 3.8) is 0 Å². The summed E-state index contributed by atoms with van der Waals surface area (Å²) in [5, 5.41) is 3.71. The van der Waals surface area contributed by atoms with Gasteiger partial charge < -0.3 is 10.1 Å². The van der Waals surface area contributed by atoms with Crippen LogP contribution >= 0.6 is 11.8 Å². The van der Waals surface area contributed by atoms with Crippen LogP contribution in [0.3, 0.4) is 0 Å². The maximum absolute atomic E-state index is 5.32. The summed E-state index contributed by atoms with van der Waals surface area (Å²) < 4.78 is 5.32. The average molecular weight is 279 g/mol. The van der Waals surface area contributed by atoms with Gasteiger partial charge in [0.2, 0.25) is 0 Å². The summed E-state index contributed by atoms with van der Waals surface area (Å²) in [5.74, 6) is 2.27. The highest BCUT2D eigenvalue weighted by atomic mass is 32.2. The number of hydrogen-bond acceptors (Lipinski definition) is 3. The highest BCUT2D eigenvalue weighted by molar-refractivity contribution is 7.98. The van der Waals surface area contributed by atoms with E-state index >= 15 is 0 Å². The first-order chi connectivity index (χ1) is 9.33. The van der Waals surface area contributed by atoms with Crippen molar-refractivity contribution in [3.8, 4) is 5.75 Å². The highest BCUT2D eigenvalue weighted by Gasteiger charge is 2.18. The molecular formula is C16H25NOS. The molecule has 1 aliphatic carbocycles. The fourth-order valence-electron chi connectivity index (χ4n) is 2.71. The van der Waals surface area contributed by atoms with Gasteiger partial charge in [-0.05, 0) is 73.9 Å². The van der Waals surface area contributed by atoms with E-state index in [1.165, 1.54) is 42.6 Å². The summed E-state index contributed by atoms with van der Waals surface area (Å²) in [6.07, 6.45) is 8.41. The number of aryl methyl sites for hydroxylation is 1. The van der Waals surface area contributed by atoms with Gasteiger partial charge in [0.1, 0.15) is 5.75 Å². The van der Waals surface area contributed by atoms with Crippen LogP contribution in [0.4, 0.5) is 0 Å². The second kappa shape index (κ2) is 7.81. The van der Waals surface area contributed by atoms with Gasteiger partial charge >= 0.3 is 0 Å². The minimum atomic E-state index is 0.647. The van der Waals surface area contributed by atoms with Gasteiger partial charge in [0.25, 0.3) is 0 Å². The average Bonchev–Trinajstić information content (AvgIpc) is 2.46. The van der Waals surface area contributed by atoms with Crippen molar-refractivity contribution < 1.29 is 4.74 Å². The standard InChI is InChI=1S/C16H25NOS/c1-18-16-8-6-13-5-7-15(11-14(13)12-16)17-9-3-4-10-19-2/h6,8,12,15,17H,3-5,7,9-11H2,1-2H3. The molecule has 0 bridgehead atoms. The van der Waals surface area contributed by atoms with Gasteiger partial charge in [-0.3, -0.25) is 0 Å². The number of nitrogens with one attached hydrogen (secondary N) is 1. The molecule has 2 nitrogen and oxygen atoms in total. The Balaban J connectivity index is 1.80. The molecule has 1 unspecified atom stereocenters. The molecule has 106 valence electrons. The van der Waals surface area contributed by atoms with E-state index in [4.69, 9.17) is 4.74 Å². The van der Waals surface area contributed by atoms with Crippen molar-refractivity contribution in [1.29, 1.82) is 0 Å². The normalized spacial score (nSPS) is 18.1. The van der Waals surface area contributed by atoms with Crippen LogP contribution in [0.1, 0.15) is 30.4 Å². The molecule has 0 saturated heterocycles. The fraction of sp³-hybridized carbons (Fsp3) is 0.625. The van der Waals surface area contributed by atoms with E-state index in [0.717, 1.165) is 18.7 Å². The summed E-state index contributed by atoms with van der Waals surface area (Å²) in [4.78, 5) is 0. The van der Waals surface area contributed by atoms with E-state index in [1.807, 2.05) is 11.8 Å². The zero-order chi connectivity index (χ0) is 13.5. The minimum absolute atomic E-state index is 0.647. The molecule has 0 fully saturated rings. The first kappa shape index (κ1) is 14.7. The zero-order valence-corrected chi connectivity index (χ0v) is 12.9. The molecule has 0 heterocycles. The number of fused-ring (bicyclic) bond motifs is 1. The summed E-state index contributed by atoms with van der Waals surface area (Å²) in [7, 11) is 1.74. The first-order valence-corrected chi connectivity index (χ1v) is 8.61. The van der Waals surface area contributed by atoms with Crippen LogP contribution in [-0.4, -0.2) is 31.7 Å². The molecule has 0 radical (unpaired) electrons. The number of rotatable bonds is 7. The molecule has 19 heavy (non-hydrogen) atoms. The van der Waals surface area contributed by atoms with Crippen LogP contribution < -0.4 is 10.1 Å². The van der Waals surface area contributed by atoms with Gasteiger partial charge in [-0.1, -0.05) is 6.07 Å². The van der Waals surface area contributed by atoms with Gasteiger partial charge in [0.15, 0.2) is 0 Å². The van der Waals surface area contributed by atoms with E-state index in [2.05, 4.69) is 29.8 Å². The van der Waals surface area contributed by atoms with Crippen molar-refractivity contribution in [2.75, 3.05) is 25.7 Å². The molecule has 1 aromatic rings. The van der Waals surface area contributed by atoms with Crippen LogP contribution in [0.2, 0.25) is 0 Å². The molecule has 1 aliphatic rings. The molecule has 1 aromatic carbocycles. The van der Waals surface area contributed by atoms with Crippen molar-refractivity contribution in [2.45, 2.75) is 38.1 Å². The number of thioether (sulfide) groups is 1. The molecule has 1 N–H and O–H groups in total. The Morgan fingerprint density at radius 1 is 1.32 bits per heavy atom. The van der Waals surface area contributed by atoms with Crippen molar-refractivity contribution in [1.82, 2.24) is 5.32 Å². The molecule has 3 heteroatoms. The fourth-order valence-corrected chi connectivity index (χ4v) is 3.21. The molecule has 2 rings (SSSR count). The molecule has 0 amide bonds. The van der Waals surface area contributed by atoms with E-state index in [-0.39, 0.29) is 0 Å². The monoisotopic (exact) mass is 279 g/mol. The van der Waals surface area contributed by atoms with Crippen LogP contribution in [-0.2, 0) is 12.8 Å².